The summed E-state index contributed by atoms with van der Waals surface area (Å²) in [6.07, 6.45) is 1.97. The molecule has 0 aromatic heterocycles. The number of carbonyl (C=O) groups excluding carboxylic acids is 1. The van der Waals surface area contributed by atoms with Crippen molar-refractivity contribution in [1.82, 2.24) is 10.6 Å². The van der Waals surface area contributed by atoms with Crippen LogP contribution in [0.5, 0.6) is 0 Å². The first-order valence-corrected chi connectivity index (χ1v) is 6.72. The van der Waals surface area contributed by atoms with Crippen LogP contribution in [0.15, 0.2) is 30.3 Å². The van der Waals surface area contributed by atoms with Crippen LogP contribution in [0.25, 0.3) is 0 Å². The third-order valence-corrected chi connectivity index (χ3v) is 3.88. The molecule has 1 aromatic carbocycles. The van der Waals surface area contributed by atoms with Gasteiger partial charge in [0.15, 0.2) is 0 Å². The van der Waals surface area contributed by atoms with Gasteiger partial charge < -0.3 is 5.32 Å². The lowest BCUT2D eigenvalue weighted by atomic mass is 9.79. The van der Waals surface area contributed by atoms with Gasteiger partial charge in [-0.15, -0.1) is 0 Å². The predicted octanol–water partition coefficient (Wildman–Crippen LogP) is 2.08. The molecule has 0 bridgehead atoms. The van der Waals surface area contributed by atoms with Gasteiger partial charge in [0.25, 0.3) is 0 Å². The van der Waals surface area contributed by atoms with E-state index in [0.717, 1.165) is 25.9 Å². The Bertz CT molecular complexity index is 402. The van der Waals surface area contributed by atoms with Crippen LogP contribution in [-0.2, 0) is 11.3 Å². The van der Waals surface area contributed by atoms with Crippen molar-refractivity contribution in [2.75, 3.05) is 6.54 Å². The number of rotatable bonds is 4. The first-order chi connectivity index (χ1) is 8.65. The molecule has 1 heterocycles. The van der Waals surface area contributed by atoms with Gasteiger partial charge >= 0.3 is 0 Å². The Morgan fingerprint density at radius 3 is 2.67 bits per heavy atom. The van der Waals surface area contributed by atoms with Crippen molar-refractivity contribution in [1.29, 1.82) is 0 Å². The van der Waals surface area contributed by atoms with Gasteiger partial charge in [0.2, 0.25) is 5.91 Å². The summed E-state index contributed by atoms with van der Waals surface area (Å²) in [6, 6.07) is 10.2. The van der Waals surface area contributed by atoms with Crippen molar-refractivity contribution < 1.29 is 4.79 Å². The zero-order valence-corrected chi connectivity index (χ0v) is 11.2. The molecule has 1 saturated heterocycles. The van der Waals surface area contributed by atoms with Gasteiger partial charge in [-0.2, -0.15) is 0 Å². The molecule has 98 valence electrons. The van der Waals surface area contributed by atoms with Gasteiger partial charge in [-0.3, -0.25) is 10.1 Å². The number of piperidine rings is 1. The Morgan fingerprint density at radius 1 is 1.33 bits per heavy atom. The molecule has 0 saturated carbocycles. The highest BCUT2D eigenvalue weighted by Gasteiger charge is 2.42. The zero-order chi connectivity index (χ0) is 13.0. The van der Waals surface area contributed by atoms with Gasteiger partial charge in [-0.05, 0) is 24.3 Å². The van der Waals surface area contributed by atoms with Gasteiger partial charge in [-0.1, -0.05) is 44.2 Å². The standard InChI is InChI=1S/C15H22N2O/c1-12(2)15(9-6-10-16-14(15)18)17-11-13-7-4-3-5-8-13/h3-5,7-8,12,17H,6,9-11H2,1-2H3,(H,16,18)/t15-/m0/s1. The van der Waals surface area contributed by atoms with Crippen molar-refractivity contribution in [3.63, 3.8) is 0 Å². The van der Waals surface area contributed by atoms with E-state index in [1.165, 1.54) is 5.56 Å². The van der Waals surface area contributed by atoms with Crippen LogP contribution in [0.2, 0.25) is 0 Å². The van der Waals surface area contributed by atoms with Gasteiger partial charge in [0.1, 0.15) is 5.54 Å². The third kappa shape index (κ3) is 2.56. The van der Waals surface area contributed by atoms with E-state index in [0.29, 0.717) is 5.92 Å². The topological polar surface area (TPSA) is 41.1 Å². The van der Waals surface area contributed by atoms with Gasteiger partial charge in [-0.25, -0.2) is 0 Å². The maximum absolute atomic E-state index is 12.2. The Kier molecular flexibility index (Phi) is 4.02. The largest absolute Gasteiger partial charge is 0.354 e. The van der Waals surface area contributed by atoms with Crippen LogP contribution < -0.4 is 10.6 Å². The molecule has 2 N–H and O–H groups in total. The number of amides is 1. The maximum atomic E-state index is 12.2. The Labute approximate surface area is 109 Å². The van der Waals surface area contributed by atoms with Crippen molar-refractivity contribution in [3.8, 4) is 0 Å². The van der Waals surface area contributed by atoms with Crippen LogP contribution in [0.3, 0.4) is 0 Å². The summed E-state index contributed by atoms with van der Waals surface area (Å²) in [5.74, 6) is 0.446. The highest BCUT2D eigenvalue weighted by molar-refractivity contribution is 5.87. The number of benzene rings is 1. The molecule has 1 fully saturated rings. The second-order valence-corrected chi connectivity index (χ2v) is 5.32. The fraction of sp³-hybridized carbons (Fsp3) is 0.533. The summed E-state index contributed by atoms with van der Waals surface area (Å²) in [5, 5.41) is 6.48. The van der Waals surface area contributed by atoms with Crippen LogP contribution in [-0.4, -0.2) is 18.0 Å². The average molecular weight is 246 g/mol. The molecule has 1 aromatic rings. The lowest BCUT2D eigenvalue weighted by Crippen LogP contribution is -2.62. The summed E-state index contributed by atoms with van der Waals surface area (Å²) in [5.41, 5.74) is 0.810. The minimum Gasteiger partial charge on any atom is -0.354 e. The Hall–Kier alpha value is -1.35. The molecule has 18 heavy (non-hydrogen) atoms. The maximum Gasteiger partial charge on any atom is 0.240 e. The van der Waals surface area contributed by atoms with Gasteiger partial charge in [0.05, 0.1) is 0 Å². The predicted molar refractivity (Wildman–Crippen MR) is 73.1 cm³/mol. The second kappa shape index (κ2) is 5.53. The fourth-order valence-corrected chi connectivity index (χ4v) is 2.62. The zero-order valence-electron chi connectivity index (χ0n) is 11.2. The lowest BCUT2D eigenvalue weighted by molar-refractivity contribution is -0.131. The summed E-state index contributed by atoms with van der Waals surface area (Å²) >= 11 is 0. The summed E-state index contributed by atoms with van der Waals surface area (Å²) in [6.45, 7) is 5.78. The molecule has 0 spiro atoms. The Balaban J connectivity index is 2.09. The number of hydrogen-bond donors (Lipinski definition) is 2. The summed E-state index contributed by atoms with van der Waals surface area (Å²) in [7, 11) is 0. The van der Waals surface area contributed by atoms with E-state index in [1.54, 1.807) is 0 Å². The first kappa shape index (κ1) is 13.1. The molecule has 1 aliphatic heterocycles. The molecule has 1 amide bonds. The van der Waals surface area contributed by atoms with Crippen molar-refractivity contribution in [2.24, 2.45) is 5.92 Å². The molecule has 2 rings (SSSR count). The molecule has 0 unspecified atom stereocenters. The second-order valence-electron chi connectivity index (χ2n) is 5.32. The van der Waals surface area contributed by atoms with E-state index >= 15 is 0 Å². The number of hydrogen-bond acceptors (Lipinski definition) is 2. The highest BCUT2D eigenvalue weighted by atomic mass is 16.2. The fourth-order valence-electron chi connectivity index (χ4n) is 2.62. The smallest absolute Gasteiger partial charge is 0.240 e. The van der Waals surface area contributed by atoms with Crippen LogP contribution in [0.1, 0.15) is 32.3 Å². The van der Waals surface area contributed by atoms with Gasteiger partial charge in [0, 0.05) is 13.1 Å². The van der Waals surface area contributed by atoms with E-state index in [2.05, 4.69) is 36.6 Å². The molecule has 3 nitrogen and oxygen atoms in total. The minimum atomic E-state index is -0.409. The van der Waals surface area contributed by atoms with Crippen LogP contribution >= 0.6 is 0 Å². The van der Waals surface area contributed by atoms with Crippen LogP contribution in [0.4, 0.5) is 0 Å². The molecule has 3 heteroatoms. The molecule has 1 aliphatic rings. The third-order valence-electron chi connectivity index (χ3n) is 3.88. The molecular formula is C15H22N2O. The lowest BCUT2D eigenvalue weighted by Gasteiger charge is -2.40. The summed E-state index contributed by atoms with van der Waals surface area (Å²) in [4.78, 5) is 12.2. The molecule has 0 radical (unpaired) electrons. The van der Waals surface area contributed by atoms with Crippen LogP contribution in [0, 0.1) is 5.92 Å². The normalized spacial score (nSPS) is 24.1. The van der Waals surface area contributed by atoms with E-state index in [9.17, 15) is 4.79 Å². The Morgan fingerprint density at radius 2 is 2.06 bits per heavy atom. The summed E-state index contributed by atoms with van der Waals surface area (Å²) < 4.78 is 0. The van der Waals surface area contributed by atoms with E-state index in [-0.39, 0.29) is 5.91 Å². The number of carbonyl (C=O) groups is 1. The van der Waals surface area contributed by atoms with E-state index < -0.39 is 5.54 Å². The average Bonchev–Trinajstić information content (AvgIpc) is 2.39. The molecule has 0 aliphatic carbocycles. The SMILES string of the molecule is CC(C)[C@@]1(NCc2ccccc2)CCCNC1=O. The highest BCUT2D eigenvalue weighted by Crippen LogP contribution is 2.26. The minimum absolute atomic E-state index is 0.152. The number of nitrogens with one attached hydrogen (secondary N) is 2. The van der Waals surface area contributed by atoms with E-state index in [4.69, 9.17) is 0 Å². The molecular weight excluding hydrogens is 224 g/mol. The molecule has 1 atom stereocenters. The monoisotopic (exact) mass is 246 g/mol. The first-order valence-electron chi connectivity index (χ1n) is 6.72. The quantitative estimate of drug-likeness (QED) is 0.854. The van der Waals surface area contributed by atoms with Crippen molar-refractivity contribution >= 4 is 5.91 Å². The van der Waals surface area contributed by atoms with Crippen molar-refractivity contribution in [2.45, 2.75) is 38.8 Å². The van der Waals surface area contributed by atoms with Crippen molar-refractivity contribution in [3.05, 3.63) is 35.9 Å². The van der Waals surface area contributed by atoms with E-state index in [1.807, 2.05) is 18.2 Å².